The van der Waals surface area contributed by atoms with Crippen LogP contribution >= 0.6 is 0 Å². The lowest BCUT2D eigenvalue weighted by Crippen LogP contribution is -2.20. The zero-order valence-electron chi connectivity index (χ0n) is 15.1. The van der Waals surface area contributed by atoms with Crippen molar-refractivity contribution in [2.45, 2.75) is 40.0 Å². The lowest BCUT2D eigenvalue weighted by Gasteiger charge is -2.18. The molecule has 4 heteroatoms. The quantitative estimate of drug-likeness (QED) is 0.818. The molecule has 0 saturated heterocycles. The number of hydrogen-bond donors (Lipinski definition) is 1. The predicted molar refractivity (Wildman–Crippen MR) is 101 cm³/mol. The Morgan fingerprint density at radius 1 is 1.21 bits per heavy atom. The van der Waals surface area contributed by atoms with Gasteiger partial charge in [-0.05, 0) is 43.0 Å². The molecule has 0 atom stereocenters. The van der Waals surface area contributed by atoms with Crippen LogP contribution in [0.5, 0.6) is 0 Å². The average Bonchev–Trinajstić information content (AvgIpc) is 2.61. The van der Waals surface area contributed by atoms with E-state index in [0.717, 1.165) is 48.4 Å². The van der Waals surface area contributed by atoms with Gasteiger partial charge in [-0.25, -0.2) is 4.98 Å². The van der Waals surface area contributed by atoms with Crippen molar-refractivity contribution in [3.8, 4) is 0 Å². The lowest BCUT2D eigenvalue weighted by molar-refractivity contribution is 0.102. The van der Waals surface area contributed by atoms with E-state index in [4.69, 9.17) is 0 Å². The number of hydrogen-bond acceptors (Lipinski definition) is 3. The summed E-state index contributed by atoms with van der Waals surface area (Å²) in [6.45, 7) is 7.24. The monoisotopic (exact) mass is 325 g/mol. The number of para-hydroxylation sites is 1. The molecule has 0 aliphatic heterocycles. The summed E-state index contributed by atoms with van der Waals surface area (Å²) in [6, 6.07) is 9.82. The Morgan fingerprint density at radius 3 is 2.62 bits per heavy atom. The number of anilines is 2. The summed E-state index contributed by atoms with van der Waals surface area (Å²) in [4.78, 5) is 19.1. The molecule has 24 heavy (non-hydrogen) atoms. The van der Waals surface area contributed by atoms with Crippen LogP contribution in [0, 0.1) is 6.92 Å². The predicted octanol–water partition coefficient (Wildman–Crippen LogP) is 4.44. The van der Waals surface area contributed by atoms with E-state index in [1.54, 1.807) is 6.20 Å². The van der Waals surface area contributed by atoms with Crippen molar-refractivity contribution < 1.29 is 4.79 Å². The van der Waals surface area contributed by atoms with Crippen LogP contribution in [-0.4, -0.2) is 24.5 Å². The van der Waals surface area contributed by atoms with Gasteiger partial charge in [-0.3, -0.25) is 4.79 Å². The van der Waals surface area contributed by atoms with Crippen LogP contribution in [0.2, 0.25) is 0 Å². The minimum atomic E-state index is -0.116. The van der Waals surface area contributed by atoms with Crippen molar-refractivity contribution >= 4 is 17.4 Å². The Balaban J connectivity index is 2.11. The fraction of sp³-hybridized carbons (Fsp3) is 0.400. The van der Waals surface area contributed by atoms with Gasteiger partial charge in [0.25, 0.3) is 5.91 Å². The minimum absolute atomic E-state index is 0.116. The number of pyridine rings is 1. The summed E-state index contributed by atoms with van der Waals surface area (Å²) in [6.07, 6.45) is 4.82. The number of nitrogens with zero attached hydrogens (tertiary/aromatic N) is 2. The number of benzene rings is 1. The van der Waals surface area contributed by atoms with E-state index in [0.29, 0.717) is 5.56 Å². The number of aromatic nitrogens is 1. The van der Waals surface area contributed by atoms with Crippen molar-refractivity contribution in [2.24, 2.45) is 0 Å². The third-order valence-electron chi connectivity index (χ3n) is 4.23. The highest BCUT2D eigenvalue weighted by Gasteiger charge is 2.11. The molecule has 1 N–H and O–H groups in total. The van der Waals surface area contributed by atoms with E-state index < -0.39 is 0 Å². The number of rotatable bonds is 7. The number of nitrogens with one attached hydrogen (secondary N) is 1. The molecule has 128 valence electrons. The van der Waals surface area contributed by atoms with Gasteiger partial charge in [0.05, 0.1) is 5.56 Å². The lowest BCUT2D eigenvalue weighted by atomic mass is 10.1. The Labute approximate surface area is 144 Å². The average molecular weight is 325 g/mol. The molecule has 0 radical (unpaired) electrons. The fourth-order valence-electron chi connectivity index (χ4n) is 2.64. The number of aryl methyl sites for hydroxylation is 2. The van der Waals surface area contributed by atoms with Gasteiger partial charge in [0, 0.05) is 25.5 Å². The first-order chi connectivity index (χ1) is 11.6. The summed E-state index contributed by atoms with van der Waals surface area (Å²) >= 11 is 0. The Hall–Kier alpha value is -2.36. The van der Waals surface area contributed by atoms with Gasteiger partial charge in [0.15, 0.2) is 0 Å². The molecule has 0 saturated carbocycles. The van der Waals surface area contributed by atoms with Crippen LogP contribution < -0.4 is 10.2 Å². The molecule has 0 fully saturated rings. The van der Waals surface area contributed by atoms with Crippen molar-refractivity contribution in [2.75, 3.05) is 23.8 Å². The molecule has 0 unspecified atom stereocenters. The summed E-state index contributed by atoms with van der Waals surface area (Å²) in [5.74, 6) is 0.777. The standard InChI is InChI=1S/C20H27N3O/c1-5-7-13-23(4)18-12-11-17(14-21-18)20(24)22-19-15(3)9-8-10-16(19)6-2/h8-12,14H,5-7,13H2,1-4H3,(H,22,24). The van der Waals surface area contributed by atoms with E-state index in [9.17, 15) is 4.79 Å². The Kier molecular flexibility index (Phi) is 6.36. The molecule has 1 aromatic heterocycles. The number of carbonyl (C=O) groups excluding carboxylic acids is 1. The summed E-state index contributed by atoms with van der Waals surface area (Å²) in [7, 11) is 2.03. The molecule has 4 nitrogen and oxygen atoms in total. The second-order valence-electron chi connectivity index (χ2n) is 6.10. The van der Waals surface area contributed by atoms with Crippen molar-refractivity contribution in [3.05, 3.63) is 53.2 Å². The van der Waals surface area contributed by atoms with Gasteiger partial charge < -0.3 is 10.2 Å². The number of amides is 1. The van der Waals surface area contributed by atoms with E-state index in [1.807, 2.05) is 44.3 Å². The van der Waals surface area contributed by atoms with Crippen molar-refractivity contribution in [3.63, 3.8) is 0 Å². The van der Waals surface area contributed by atoms with Crippen LogP contribution in [0.1, 0.15) is 48.2 Å². The molecular weight excluding hydrogens is 298 g/mol. The highest BCUT2D eigenvalue weighted by molar-refractivity contribution is 6.05. The highest BCUT2D eigenvalue weighted by atomic mass is 16.1. The second kappa shape index (κ2) is 8.48. The Morgan fingerprint density at radius 2 is 2.00 bits per heavy atom. The number of carbonyl (C=O) groups is 1. The maximum Gasteiger partial charge on any atom is 0.257 e. The first-order valence-corrected chi connectivity index (χ1v) is 8.63. The van der Waals surface area contributed by atoms with Crippen molar-refractivity contribution in [1.29, 1.82) is 0 Å². The first kappa shape index (κ1) is 18.0. The molecule has 2 aromatic rings. The smallest absolute Gasteiger partial charge is 0.257 e. The molecule has 0 aliphatic carbocycles. The normalized spacial score (nSPS) is 10.5. The second-order valence-corrected chi connectivity index (χ2v) is 6.10. The third-order valence-corrected chi connectivity index (χ3v) is 4.23. The van der Waals surface area contributed by atoms with Crippen LogP contribution in [0.15, 0.2) is 36.5 Å². The van der Waals surface area contributed by atoms with Gasteiger partial charge in [0.2, 0.25) is 0 Å². The summed E-state index contributed by atoms with van der Waals surface area (Å²) < 4.78 is 0. The third kappa shape index (κ3) is 4.34. The van der Waals surface area contributed by atoms with Gasteiger partial charge in [-0.2, -0.15) is 0 Å². The largest absolute Gasteiger partial charge is 0.360 e. The first-order valence-electron chi connectivity index (χ1n) is 8.63. The maximum absolute atomic E-state index is 12.5. The molecule has 1 aromatic carbocycles. The van der Waals surface area contributed by atoms with Gasteiger partial charge in [-0.15, -0.1) is 0 Å². The topological polar surface area (TPSA) is 45.2 Å². The minimum Gasteiger partial charge on any atom is -0.360 e. The maximum atomic E-state index is 12.5. The number of unbranched alkanes of at least 4 members (excludes halogenated alkanes) is 1. The van der Waals surface area contributed by atoms with Gasteiger partial charge >= 0.3 is 0 Å². The SMILES string of the molecule is CCCCN(C)c1ccc(C(=O)Nc2c(C)cccc2CC)cn1. The van der Waals surface area contributed by atoms with Crippen LogP contribution in [0.4, 0.5) is 11.5 Å². The van der Waals surface area contributed by atoms with Crippen LogP contribution in [0.25, 0.3) is 0 Å². The zero-order chi connectivity index (χ0) is 17.5. The van der Waals surface area contributed by atoms with E-state index in [-0.39, 0.29) is 5.91 Å². The molecular formula is C20H27N3O. The molecule has 0 spiro atoms. The van der Waals surface area contributed by atoms with E-state index in [1.165, 1.54) is 0 Å². The van der Waals surface area contributed by atoms with Crippen molar-refractivity contribution in [1.82, 2.24) is 4.98 Å². The summed E-state index contributed by atoms with van der Waals surface area (Å²) in [5, 5.41) is 3.04. The fourth-order valence-corrected chi connectivity index (χ4v) is 2.64. The highest BCUT2D eigenvalue weighted by Crippen LogP contribution is 2.22. The Bertz CT molecular complexity index is 680. The molecule has 1 amide bonds. The van der Waals surface area contributed by atoms with E-state index in [2.05, 4.69) is 29.0 Å². The van der Waals surface area contributed by atoms with Gasteiger partial charge in [0.1, 0.15) is 5.82 Å². The molecule has 0 bridgehead atoms. The van der Waals surface area contributed by atoms with Crippen LogP contribution in [-0.2, 0) is 6.42 Å². The van der Waals surface area contributed by atoms with E-state index >= 15 is 0 Å². The molecule has 2 rings (SSSR count). The van der Waals surface area contributed by atoms with Crippen LogP contribution in [0.3, 0.4) is 0 Å². The van der Waals surface area contributed by atoms with Gasteiger partial charge in [-0.1, -0.05) is 38.5 Å². The molecule has 1 heterocycles. The summed E-state index contributed by atoms with van der Waals surface area (Å²) in [5.41, 5.74) is 3.71. The molecule has 0 aliphatic rings. The zero-order valence-corrected chi connectivity index (χ0v) is 15.1.